The standard InChI is InChI=1S/C24H31N7O2S/c1-15-12-23(14-33-15)7-10-31(11-8-23)17-13-27-21(19(25)28-17)34-16-4-9-26-20-18(16)29-22(32)24(30(20)2)5-3-6-24/h4,9,13,15H,3,5-8,10-12,14H2,1-2H3,(H2,25,28)(H,29,32)/t15-/m0/s1. The third kappa shape index (κ3) is 3.41. The van der Waals surface area contributed by atoms with E-state index >= 15 is 0 Å². The number of amides is 1. The maximum Gasteiger partial charge on any atom is 0.250 e. The number of aromatic nitrogens is 3. The van der Waals surface area contributed by atoms with Crippen LogP contribution in [0.3, 0.4) is 0 Å². The molecule has 1 saturated carbocycles. The molecule has 10 heteroatoms. The lowest BCUT2D eigenvalue weighted by molar-refractivity contribution is -0.124. The minimum atomic E-state index is -0.459. The predicted octanol–water partition coefficient (Wildman–Crippen LogP) is 3.31. The Bertz CT molecular complexity index is 1130. The fourth-order valence-corrected chi connectivity index (χ4v) is 6.71. The van der Waals surface area contributed by atoms with Crippen molar-refractivity contribution in [2.45, 2.75) is 67.0 Å². The smallest absolute Gasteiger partial charge is 0.250 e. The zero-order valence-corrected chi connectivity index (χ0v) is 20.5. The molecule has 2 aromatic rings. The molecule has 1 aliphatic carbocycles. The van der Waals surface area contributed by atoms with Crippen LogP contribution >= 0.6 is 11.8 Å². The van der Waals surface area contributed by atoms with Crippen molar-refractivity contribution in [1.29, 1.82) is 0 Å². The minimum Gasteiger partial charge on any atom is -0.381 e. The Hall–Kier alpha value is -2.59. The van der Waals surface area contributed by atoms with E-state index in [-0.39, 0.29) is 5.91 Å². The highest BCUT2D eigenvalue weighted by molar-refractivity contribution is 7.99. The lowest BCUT2D eigenvalue weighted by atomic mass is 9.73. The van der Waals surface area contributed by atoms with E-state index in [1.165, 1.54) is 11.8 Å². The lowest BCUT2D eigenvalue weighted by Crippen LogP contribution is -2.62. The summed E-state index contributed by atoms with van der Waals surface area (Å²) in [6.07, 6.45) is 10.1. The molecule has 9 nitrogen and oxygen atoms in total. The van der Waals surface area contributed by atoms with Gasteiger partial charge in [0.05, 0.1) is 24.6 Å². The van der Waals surface area contributed by atoms with E-state index < -0.39 is 5.54 Å². The highest BCUT2D eigenvalue weighted by Gasteiger charge is 2.51. The van der Waals surface area contributed by atoms with Gasteiger partial charge in [-0.3, -0.25) is 4.79 Å². The third-order valence-electron chi connectivity index (χ3n) is 8.20. The van der Waals surface area contributed by atoms with Crippen LogP contribution in [-0.4, -0.2) is 59.2 Å². The first-order valence-corrected chi connectivity index (χ1v) is 12.9. The van der Waals surface area contributed by atoms with Crippen LogP contribution in [0, 0.1) is 5.41 Å². The van der Waals surface area contributed by atoms with Gasteiger partial charge in [0.2, 0.25) is 5.91 Å². The number of nitrogens with two attached hydrogens (primary N) is 1. The molecule has 3 fully saturated rings. The van der Waals surface area contributed by atoms with Crippen molar-refractivity contribution in [2.24, 2.45) is 5.41 Å². The number of carbonyl (C=O) groups is 1. The van der Waals surface area contributed by atoms with Crippen LogP contribution in [0.15, 0.2) is 28.4 Å². The van der Waals surface area contributed by atoms with Crippen molar-refractivity contribution in [3.8, 4) is 0 Å². The fourth-order valence-electron chi connectivity index (χ4n) is 5.87. The molecule has 2 spiro atoms. The van der Waals surface area contributed by atoms with E-state index in [9.17, 15) is 4.79 Å². The summed E-state index contributed by atoms with van der Waals surface area (Å²) in [4.78, 5) is 32.0. The lowest BCUT2D eigenvalue weighted by Gasteiger charge is -2.50. The van der Waals surface area contributed by atoms with Gasteiger partial charge in [-0.05, 0) is 56.9 Å². The number of pyridine rings is 1. The maximum atomic E-state index is 12.9. The molecular weight excluding hydrogens is 450 g/mol. The van der Waals surface area contributed by atoms with E-state index in [4.69, 9.17) is 10.5 Å². The van der Waals surface area contributed by atoms with Crippen molar-refractivity contribution in [1.82, 2.24) is 15.0 Å². The molecule has 0 unspecified atom stereocenters. The van der Waals surface area contributed by atoms with Gasteiger partial charge in [-0.25, -0.2) is 15.0 Å². The molecule has 0 bridgehead atoms. The Morgan fingerprint density at radius 2 is 2.03 bits per heavy atom. The Labute approximate surface area is 203 Å². The molecule has 3 aliphatic heterocycles. The molecule has 0 radical (unpaired) electrons. The molecule has 180 valence electrons. The third-order valence-corrected chi connectivity index (χ3v) is 9.26. The van der Waals surface area contributed by atoms with Crippen LogP contribution in [0.4, 0.5) is 23.1 Å². The van der Waals surface area contributed by atoms with Crippen molar-refractivity contribution in [2.75, 3.05) is 47.6 Å². The predicted molar refractivity (Wildman–Crippen MR) is 132 cm³/mol. The minimum absolute atomic E-state index is 0.0444. The van der Waals surface area contributed by atoms with Crippen molar-refractivity contribution in [3.05, 3.63) is 18.5 Å². The molecule has 2 saturated heterocycles. The van der Waals surface area contributed by atoms with E-state index in [1.807, 2.05) is 24.2 Å². The number of piperidine rings is 1. The molecule has 0 aromatic carbocycles. The van der Waals surface area contributed by atoms with Crippen LogP contribution < -0.4 is 20.9 Å². The van der Waals surface area contributed by atoms with E-state index in [0.717, 1.165) is 80.4 Å². The van der Waals surface area contributed by atoms with Gasteiger partial charge in [0.25, 0.3) is 0 Å². The number of hydrogen-bond acceptors (Lipinski definition) is 9. The zero-order chi connectivity index (χ0) is 23.5. The van der Waals surface area contributed by atoms with Crippen molar-refractivity contribution < 1.29 is 9.53 Å². The Morgan fingerprint density at radius 3 is 2.68 bits per heavy atom. The Morgan fingerprint density at radius 1 is 1.24 bits per heavy atom. The average molecular weight is 482 g/mol. The highest BCUT2D eigenvalue weighted by atomic mass is 32.2. The average Bonchev–Trinajstić information content (AvgIpc) is 3.15. The van der Waals surface area contributed by atoms with Crippen LogP contribution in [0.1, 0.15) is 45.4 Å². The van der Waals surface area contributed by atoms with Gasteiger partial charge < -0.3 is 25.6 Å². The Balaban J connectivity index is 1.19. The van der Waals surface area contributed by atoms with Gasteiger partial charge in [-0.15, -0.1) is 0 Å². The second-order valence-corrected chi connectivity index (χ2v) is 11.3. The molecule has 3 N–H and O–H groups in total. The summed E-state index contributed by atoms with van der Waals surface area (Å²) in [5, 5.41) is 3.74. The van der Waals surface area contributed by atoms with Gasteiger partial charge >= 0.3 is 0 Å². The van der Waals surface area contributed by atoms with Crippen LogP contribution in [0.5, 0.6) is 0 Å². The Kier molecular flexibility index (Phi) is 5.14. The summed E-state index contributed by atoms with van der Waals surface area (Å²) in [5.41, 5.74) is 6.94. The molecule has 4 aliphatic rings. The number of anilines is 4. The number of hydrogen-bond donors (Lipinski definition) is 2. The molecule has 2 aromatic heterocycles. The summed E-state index contributed by atoms with van der Waals surface area (Å²) >= 11 is 1.41. The summed E-state index contributed by atoms with van der Waals surface area (Å²) in [5.74, 6) is 2.06. The fraction of sp³-hybridized carbons (Fsp3) is 0.583. The van der Waals surface area contributed by atoms with Crippen LogP contribution in [0.2, 0.25) is 0 Å². The quantitative estimate of drug-likeness (QED) is 0.682. The topological polar surface area (TPSA) is 110 Å². The van der Waals surface area contributed by atoms with E-state index in [1.54, 1.807) is 6.20 Å². The largest absolute Gasteiger partial charge is 0.381 e. The number of carbonyl (C=O) groups excluding carboxylic acids is 1. The molecule has 1 amide bonds. The molecule has 34 heavy (non-hydrogen) atoms. The number of rotatable bonds is 3. The van der Waals surface area contributed by atoms with Crippen molar-refractivity contribution in [3.63, 3.8) is 0 Å². The molecule has 5 heterocycles. The molecule has 6 rings (SSSR count). The van der Waals surface area contributed by atoms with E-state index in [2.05, 4.69) is 32.1 Å². The van der Waals surface area contributed by atoms with Gasteiger partial charge in [0, 0.05) is 31.2 Å². The summed E-state index contributed by atoms with van der Waals surface area (Å²) in [6.45, 7) is 4.91. The SMILES string of the molecule is C[C@H]1CC2(CCN(c3cnc(Sc4ccnc5c4NC(=O)C4(CCC4)N5C)c(N)n3)CC2)CO1. The van der Waals surface area contributed by atoms with E-state index in [0.29, 0.717) is 22.4 Å². The first-order valence-electron chi connectivity index (χ1n) is 12.1. The second-order valence-electron chi connectivity index (χ2n) is 10.2. The maximum absolute atomic E-state index is 12.9. The number of nitrogens with zero attached hydrogens (tertiary/aromatic N) is 5. The van der Waals surface area contributed by atoms with Gasteiger partial charge in [0.15, 0.2) is 11.6 Å². The summed E-state index contributed by atoms with van der Waals surface area (Å²) in [6, 6.07) is 1.89. The van der Waals surface area contributed by atoms with Gasteiger partial charge in [-0.1, -0.05) is 11.8 Å². The zero-order valence-electron chi connectivity index (χ0n) is 19.7. The number of nitrogen functional groups attached to an aromatic ring is 1. The number of ether oxygens (including phenoxy) is 1. The first-order chi connectivity index (χ1) is 16.4. The second kappa shape index (κ2) is 7.98. The summed E-state index contributed by atoms with van der Waals surface area (Å²) in [7, 11) is 1.96. The number of nitrogens with one attached hydrogen (secondary N) is 1. The molecule has 1 atom stereocenters. The van der Waals surface area contributed by atoms with Crippen molar-refractivity contribution >= 4 is 40.8 Å². The van der Waals surface area contributed by atoms with Crippen LogP contribution in [0.25, 0.3) is 0 Å². The molecular formula is C24H31N7O2S. The highest BCUT2D eigenvalue weighted by Crippen LogP contribution is 2.48. The van der Waals surface area contributed by atoms with Gasteiger partial charge in [0.1, 0.15) is 16.4 Å². The summed E-state index contributed by atoms with van der Waals surface area (Å²) < 4.78 is 5.85. The van der Waals surface area contributed by atoms with Gasteiger partial charge in [-0.2, -0.15) is 0 Å². The van der Waals surface area contributed by atoms with Crippen LogP contribution in [-0.2, 0) is 9.53 Å². The monoisotopic (exact) mass is 481 g/mol. The number of likely N-dealkylation sites (N-methyl/N-ethyl adjacent to an activating group) is 1. The normalized spacial score (nSPS) is 24.8. The number of fused-ring (bicyclic) bond motifs is 1. The first kappa shape index (κ1) is 21.9.